The molecule has 2 atom stereocenters. The van der Waals surface area contributed by atoms with Gasteiger partial charge in [0.25, 0.3) is 5.91 Å². The Morgan fingerprint density at radius 3 is 2.52 bits per heavy atom. The van der Waals surface area contributed by atoms with Crippen LogP contribution in [0.25, 0.3) is 10.9 Å². The van der Waals surface area contributed by atoms with E-state index in [-0.39, 0.29) is 12.2 Å². The number of aryl methyl sites for hydroxylation is 1. The molecule has 1 aliphatic heterocycles. The number of aromatic amines is 1. The van der Waals surface area contributed by atoms with Gasteiger partial charge in [-0.25, -0.2) is 0 Å². The zero-order chi connectivity index (χ0) is 20.5. The van der Waals surface area contributed by atoms with Gasteiger partial charge in [0, 0.05) is 30.1 Å². The predicted molar refractivity (Wildman–Crippen MR) is 111 cm³/mol. The number of carbonyl (C=O) groups excluding carboxylic acids is 3. The number of rotatable bonds is 6. The molecule has 4 rings (SSSR count). The zero-order valence-electron chi connectivity index (χ0n) is 16.6. The summed E-state index contributed by atoms with van der Waals surface area (Å²) in [4.78, 5) is 43.0. The number of likely N-dealkylation sites (tertiary alicyclic amines) is 1. The molecule has 29 heavy (non-hydrogen) atoms. The first-order valence-corrected chi connectivity index (χ1v) is 10.0. The number of nitrogens with zero attached hydrogens (tertiary/aromatic N) is 1. The Hall–Kier alpha value is -3.21. The Kier molecular flexibility index (Phi) is 5.05. The molecule has 148 valence electrons. The van der Waals surface area contributed by atoms with Crippen LogP contribution in [-0.4, -0.2) is 33.9 Å². The van der Waals surface area contributed by atoms with E-state index in [1.165, 1.54) is 0 Å². The van der Waals surface area contributed by atoms with Gasteiger partial charge in [0.15, 0.2) is 0 Å². The van der Waals surface area contributed by atoms with Crippen molar-refractivity contribution < 1.29 is 14.4 Å². The summed E-state index contributed by atoms with van der Waals surface area (Å²) in [6.07, 6.45) is 2.80. The molecule has 0 aliphatic carbocycles. The van der Waals surface area contributed by atoms with Crippen LogP contribution in [0, 0.1) is 12.8 Å². The van der Waals surface area contributed by atoms with Gasteiger partial charge in [0.1, 0.15) is 11.7 Å². The summed E-state index contributed by atoms with van der Waals surface area (Å²) < 4.78 is 0. The molecule has 0 saturated carbocycles. The Labute approximate surface area is 169 Å². The number of fused-ring (bicyclic) bond motifs is 1. The number of Topliss-reactive ketones (excluding diaryl/α,β-unsaturated/α-hetero) is 2. The van der Waals surface area contributed by atoms with Crippen molar-refractivity contribution in [2.45, 2.75) is 32.7 Å². The Bertz CT molecular complexity index is 1080. The van der Waals surface area contributed by atoms with E-state index in [1.54, 1.807) is 11.8 Å². The highest BCUT2D eigenvalue weighted by Crippen LogP contribution is 2.37. The summed E-state index contributed by atoms with van der Waals surface area (Å²) in [6, 6.07) is 15.2. The maximum Gasteiger partial charge on any atom is 0.291 e. The van der Waals surface area contributed by atoms with Crippen LogP contribution >= 0.6 is 0 Å². The van der Waals surface area contributed by atoms with Crippen molar-refractivity contribution in [1.29, 1.82) is 0 Å². The zero-order valence-corrected chi connectivity index (χ0v) is 16.6. The average Bonchev–Trinajstić information content (AvgIpc) is 3.26. The maximum atomic E-state index is 12.8. The normalized spacial score (nSPS) is 19.3. The van der Waals surface area contributed by atoms with Gasteiger partial charge in [0.2, 0.25) is 5.78 Å². The summed E-state index contributed by atoms with van der Waals surface area (Å²) in [5.74, 6) is -2.23. The van der Waals surface area contributed by atoms with E-state index in [9.17, 15) is 14.4 Å². The van der Waals surface area contributed by atoms with Crippen LogP contribution in [0.15, 0.2) is 54.7 Å². The Balaban J connectivity index is 1.67. The lowest BCUT2D eigenvalue weighted by molar-refractivity contribution is -0.142. The second-order valence-corrected chi connectivity index (χ2v) is 7.63. The van der Waals surface area contributed by atoms with Crippen molar-refractivity contribution in [2.24, 2.45) is 5.92 Å². The van der Waals surface area contributed by atoms with Gasteiger partial charge >= 0.3 is 0 Å². The van der Waals surface area contributed by atoms with Crippen LogP contribution in [-0.2, 0) is 20.8 Å². The van der Waals surface area contributed by atoms with E-state index in [0.717, 1.165) is 27.6 Å². The number of amides is 1. The molecule has 5 heteroatoms. The quantitative estimate of drug-likeness (QED) is 0.516. The maximum absolute atomic E-state index is 12.8. The van der Waals surface area contributed by atoms with Crippen molar-refractivity contribution in [3.63, 3.8) is 0 Å². The number of ketones is 2. The van der Waals surface area contributed by atoms with E-state index in [0.29, 0.717) is 13.0 Å². The number of para-hydroxylation sites is 1. The summed E-state index contributed by atoms with van der Waals surface area (Å²) in [5.41, 5.74) is 4.06. The van der Waals surface area contributed by atoms with E-state index in [2.05, 4.69) is 4.98 Å². The third-order valence-electron chi connectivity index (χ3n) is 5.82. The summed E-state index contributed by atoms with van der Waals surface area (Å²) >= 11 is 0. The van der Waals surface area contributed by atoms with E-state index >= 15 is 0 Å². The first-order valence-electron chi connectivity index (χ1n) is 10.0. The highest BCUT2D eigenvalue weighted by Gasteiger charge is 2.50. The lowest BCUT2D eigenvalue weighted by Gasteiger charge is -2.27. The van der Waals surface area contributed by atoms with Crippen LogP contribution in [0.3, 0.4) is 0 Å². The lowest BCUT2D eigenvalue weighted by atomic mass is 9.88. The molecule has 2 heterocycles. The van der Waals surface area contributed by atoms with Gasteiger partial charge in [-0.3, -0.25) is 14.4 Å². The minimum Gasteiger partial charge on any atom is -0.361 e. The number of benzene rings is 2. The molecular formula is C24H24N2O3. The number of hydrogen-bond acceptors (Lipinski definition) is 3. The van der Waals surface area contributed by atoms with Crippen molar-refractivity contribution in [1.82, 2.24) is 9.88 Å². The molecule has 1 aromatic heterocycles. The van der Waals surface area contributed by atoms with Crippen LogP contribution in [0.2, 0.25) is 0 Å². The SMILES string of the molecule is CCC(=O)C1C(=O)C(=O)N(CCc2c[nH]c3ccccc23)C1c1ccc(C)cc1. The molecule has 0 bridgehead atoms. The number of H-pyrrole nitrogens is 1. The Morgan fingerprint density at radius 1 is 1.07 bits per heavy atom. The molecule has 0 radical (unpaired) electrons. The van der Waals surface area contributed by atoms with Crippen LogP contribution in [0.4, 0.5) is 0 Å². The second-order valence-electron chi connectivity index (χ2n) is 7.63. The minimum atomic E-state index is -0.918. The van der Waals surface area contributed by atoms with Crippen LogP contribution < -0.4 is 0 Å². The molecule has 1 amide bonds. The smallest absolute Gasteiger partial charge is 0.291 e. The summed E-state index contributed by atoms with van der Waals surface area (Å²) in [5, 5.41) is 1.11. The third kappa shape index (κ3) is 3.37. The molecular weight excluding hydrogens is 364 g/mol. The summed E-state index contributed by atoms with van der Waals surface area (Å²) in [7, 11) is 0. The van der Waals surface area contributed by atoms with Crippen LogP contribution in [0.5, 0.6) is 0 Å². The van der Waals surface area contributed by atoms with Crippen molar-refractivity contribution in [2.75, 3.05) is 6.54 Å². The van der Waals surface area contributed by atoms with Gasteiger partial charge in [-0.05, 0) is 30.5 Å². The lowest BCUT2D eigenvalue weighted by Crippen LogP contribution is -2.32. The second kappa shape index (κ2) is 7.66. The van der Waals surface area contributed by atoms with Gasteiger partial charge in [-0.2, -0.15) is 0 Å². The molecule has 3 aromatic rings. The fourth-order valence-corrected chi connectivity index (χ4v) is 4.22. The molecule has 0 spiro atoms. The number of nitrogens with one attached hydrogen (secondary N) is 1. The largest absolute Gasteiger partial charge is 0.361 e. The van der Waals surface area contributed by atoms with Gasteiger partial charge in [-0.1, -0.05) is 55.0 Å². The van der Waals surface area contributed by atoms with E-state index in [4.69, 9.17) is 0 Å². The molecule has 2 aromatic carbocycles. The number of aromatic nitrogens is 1. The van der Waals surface area contributed by atoms with Crippen LogP contribution in [0.1, 0.15) is 36.1 Å². The van der Waals surface area contributed by atoms with Crippen molar-refractivity contribution >= 4 is 28.4 Å². The fourth-order valence-electron chi connectivity index (χ4n) is 4.22. The topological polar surface area (TPSA) is 70.2 Å². The average molecular weight is 388 g/mol. The van der Waals surface area contributed by atoms with Gasteiger partial charge < -0.3 is 9.88 Å². The fraction of sp³-hybridized carbons (Fsp3) is 0.292. The molecule has 1 saturated heterocycles. The first kappa shape index (κ1) is 19.1. The molecule has 2 unspecified atom stereocenters. The molecule has 1 fully saturated rings. The summed E-state index contributed by atoms with van der Waals surface area (Å²) in [6.45, 7) is 4.11. The predicted octanol–water partition coefficient (Wildman–Crippen LogP) is 3.77. The van der Waals surface area contributed by atoms with E-state index < -0.39 is 23.7 Å². The highest BCUT2D eigenvalue weighted by atomic mass is 16.2. The monoisotopic (exact) mass is 388 g/mol. The van der Waals surface area contributed by atoms with Gasteiger partial charge in [0.05, 0.1) is 6.04 Å². The van der Waals surface area contributed by atoms with Gasteiger partial charge in [-0.15, -0.1) is 0 Å². The Morgan fingerprint density at radius 2 is 1.79 bits per heavy atom. The first-order chi connectivity index (χ1) is 14.0. The van der Waals surface area contributed by atoms with E-state index in [1.807, 2.05) is 61.7 Å². The number of carbonyl (C=O) groups is 3. The van der Waals surface area contributed by atoms with Crippen molar-refractivity contribution in [3.05, 3.63) is 71.4 Å². The third-order valence-corrected chi connectivity index (χ3v) is 5.82. The highest BCUT2D eigenvalue weighted by molar-refractivity contribution is 6.43. The standard InChI is InChI=1S/C24H24N2O3/c1-3-20(27)21-22(16-10-8-15(2)9-11-16)26(24(29)23(21)28)13-12-17-14-25-19-7-5-4-6-18(17)19/h4-11,14,21-22,25H,3,12-13H2,1-2H3. The van der Waals surface area contributed by atoms with Crippen molar-refractivity contribution in [3.8, 4) is 0 Å². The number of hydrogen-bond donors (Lipinski definition) is 1. The molecule has 1 aliphatic rings. The molecule has 5 nitrogen and oxygen atoms in total. The molecule has 1 N–H and O–H groups in total. The minimum absolute atomic E-state index is 0.177.